The van der Waals surface area contributed by atoms with Crippen molar-refractivity contribution in [2.75, 3.05) is 26.7 Å². The molecule has 1 N–H and O–H groups in total. The first-order valence-corrected chi connectivity index (χ1v) is 13.7. The molecule has 1 aromatic heterocycles. The summed E-state index contributed by atoms with van der Waals surface area (Å²) >= 11 is 0. The number of H-pyrrole nitrogens is 1. The van der Waals surface area contributed by atoms with Gasteiger partial charge in [0, 0.05) is 59.5 Å². The summed E-state index contributed by atoms with van der Waals surface area (Å²) in [7, 11) is 1.60. The Bertz CT molecular complexity index is 1540. The maximum Gasteiger partial charge on any atom is 0.273 e. The molecule has 4 aromatic rings. The molecular weight excluding hydrogens is 520 g/mol. The molecular formula is C32H36N4O5. The van der Waals surface area contributed by atoms with E-state index in [-0.39, 0.29) is 29.6 Å². The SMILES string of the molecule is COc1ccccc1CN(CCc1c[nH]c2ccccc12)C(=O)CN(CC(C)C)C(=O)c1ccc(C)c([N+](=O)[O-])c1. The van der Waals surface area contributed by atoms with Gasteiger partial charge in [-0.1, -0.05) is 56.3 Å². The third-order valence-electron chi connectivity index (χ3n) is 7.08. The molecule has 3 aromatic carbocycles. The quantitative estimate of drug-likeness (QED) is 0.176. The monoisotopic (exact) mass is 556 g/mol. The Morgan fingerprint density at radius 2 is 1.73 bits per heavy atom. The van der Waals surface area contributed by atoms with E-state index in [4.69, 9.17) is 4.74 Å². The number of para-hydroxylation sites is 2. The number of nitrogens with zero attached hydrogens (tertiary/aromatic N) is 3. The van der Waals surface area contributed by atoms with Gasteiger partial charge in [0.1, 0.15) is 12.3 Å². The van der Waals surface area contributed by atoms with Crippen molar-refractivity contribution in [1.29, 1.82) is 0 Å². The number of methoxy groups -OCH3 is 1. The van der Waals surface area contributed by atoms with Crippen LogP contribution in [0.5, 0.6) is 5.75 Å². The van der Waals surface area contributed by atoms with Crippen LogP contribution in [0.4, 0.5) is 5.69 Å². The molecule has 0 bridgehead atoms. The Kier molecular flexibility index (Phi) is 9.39. The third-order valence-corrected chi connectivity index (χ3v) is 7.08. The molecule has 41 heavy (non-hydrogen) atoms. The summed E-state index contributed by atoms with van der Waals surface area (Å²) in [5.41, 5.74) is 3.53. The topological polar surface area (TPSA) is 109 Å². The van der Waals surface area contributed by atoms with E-state index in [0.717, 1.165) is 22.0 Å². The second kappa shape index (κ2) is 13.1. The normalized spacial score (nSPS) is 11.0. The number of rotatable bonds is 12. The van der Waals surface area contributed by atoms with E-state index in [9.17, 15) is 19.7 Å². The first kappa shape index (κ1) is 29.3. The highest BCUT2D eigenvalue weighted by Gasteiger charge is 2.25. The predicted octanol–water partition coefficient (Wildman–Crippen LogP) is 5.76. The summed E-state index contributed by atoms with van der Waals surface area (Å²) in [5.74, 6) is 0.135. The number of nitro groups is 1. The molecule has 9 heteroatoms. The molecule has 0 saturated heterocycles. The lowest BCUT2D eigenvalue weighted by atomic mass is 10.1. The van der Waals surface area contributed by atoms with Gasteiger partial charge in [0.25, 0.3) is 11.6 Å². The van der Waals surface area contributed by atoms with Crippen LogP contribution < -0.4 is 4.74 Å². The Morgan fingerprint density at radius 3 is 2.46 bits per heavy atom. The molecule has 0 aliphatic carbocycles. The van der Waals surface area contributed by atoms with E-state index in [1.54, 1.807) is 31.1 Å². The fourth-order valence-electron chi connectivity index (χ4n) is 4.97. The molecule has 4 rings (SSSR count). The lowest BCUT2D eigenvalue weighted by Crippen LogP contribution is -2.44. The van der Waals surface area contributed by atoms with Crippen LogP contribution in [0.1, 0.15) is 40.9 Å². The molecule has 0 atom stereocenters. The van der Waals surface area contributed by atoms with Crippen molar-refractivity contribution in [3.8, 4) is 5.75 Å². The zero-order valence-electron chi connectivity index (χ0n) is 23.9. The molecule has 0 aliphatic rings. The van der Waals surface area contributed by atoms with Crippen LogP contribution in [0.3, 0.4) is 0 Å². The van der Waals surface area contributed by atoms with Gasteiger partial charge < -0.3 is 19.5 Å². The lowest BCUT2D eigenvalue weighted by Gasteiger charge is -2.29. The number of hydrogen-bond donors (Lipinski definition) is 1. The third kappa shape index (κ3) is 7.11. The van der Waals surface area contributed by atoms with Gasteiger partial charge in [-0.05, 0) is 43.0 Å². The Balaban J connectivity index is 1.61. The number of nitrogens with one attached hydrogen (secondary N) is 1. The average Bonchev–Trinajstić information content (AvgIpc) is 3.37. The van der Waals surface area contributed by atoms with E-state index in [1.807, 2.05) is 62.5 Å². The van der Waals surface area contributed by atoms with E-state index >= 15 is 0 Å². The van der Waals surface area contributed by atoms with E-state index < -0.39 is 10.8 Å². The number of ether oxygens (including phenoxy) is 1. The Morgan fingerprint density at radius 1 is 1.00 bits per heavy atom. The number of amides is 2. The minimum absolute atomic E-state index is 0.0843. The van der Waals surface area contributed by atoms with Gasteiger partial charge in [-0.3, -0.25) is 19.7 Å². The number of nitro benzene ring substituents is 1. The standard InChI is InChI=1S/C32H36N4O5/c1-22(2)19-35(32(38)24-14-13-23(3)29(17-24)36(39)40)21-31(37)34(20-26-9-5-8-12-30(26)41-4)16-15-25-18-33-28-11-7-6-10-27(25)28/h5-14,17-18,22,33H,15-16,19-21H2,1-4H3. The molecule has 0 spiro atoms. The fraction of sp³-hybridized carbons (Fsp3) is 0.312. The van der Waals surface area contributed by atoms with Gasteiger partial charge >= 0.3 is 0 Å². The summed E-state index contributed by atoms with van der Waals surface area (Å²) in [5, 5.41) is 12.6. The molecule has 0 saturated carbocycles. The van der Waals surface area contributed by atoms with Gasteiger partial charge in [0.15, 0.2) is 0 Å². The first-order valence-electron chi connectivity index (χ1n) is 13.7. The van der Waals surface area contributed by atoms with Gasteiger partial charge in [-0.15, -0.1) is 0 Å². The van der Waals surface area contributed by atoms with E-state index in [0.29, 0.717) is 37.4 Å². The highest BCUT2D eigenvalue weighted by molar-refractivity contribution is 5.97. The van der Waals surface area contributed by atoms with Crippen molar-refractivity contribution in [3.63, 3.8) is 0 Å². The van der Waals surface area contributed by atoms with Gasteiger partial charge in [0.05, 0.1) is 12.0 Å². The Labute approximate surface area is 239 Å². The summed E-state index contributed by atoms with van der Waals surface area (Å²) in [6, 6.07) is 20.0. The number of aromatic nitrogens is 1. The largest absolute Gasteiger partial charge is 0.496 e. The first-order chi connectivity index (χ1) is 19.7. The summed E-state index contributed by atoms with van der Waals surface area (Å²) in [6.45, 7) is 6.48. The molecule has 0 aliphatic heterocycles. The van der Waals surface area contributed by atoms with Crippen molar-refractivity contribution in [2.24, 2.45) is 5.92 Å². The highest BCUT2D eigenvalue weighted by Crippen LogP contribution is 2.23. The maximum absolute atomic E-state index is 13.9. The number of carbonyl (C=O) groups excluding carboxylic acids is 2. The summed E-state index contributed by atoms with van der Waals surface area (Å²) in [6.07, 6.45) is 2.59. The van der Waals surface area contributed by atoms with Crippen LogP contribution in [0.2, 0.25) is 0 Å². The van der Waals surface area contributed by atoms with Crippen LogP contribution in [0.25, 0.3) is 10.9 Å². The second-order valence-corrected chi connectivity index (χ2v) is 10.6. The summed E-state index contributed by atoms with van der Waals surface area (Å²) in [4.78, 5) is 45.0. The van der Waals surface area contributed by atoms with E-state index in [2.05, 4.69) is 11.1 Å². The highest BCUT2D eigenvalue weighted by atomic mass is 16.6. The summed E-state index contributed by atoms with van der Waals surface area (Å²) < 4.78 is 5.54. The van der Waals surface area contributed by atoms with Gasteiger partial charge in [-0.2, -0.15) is 0 Å². The molecule has 1 heterocycles. The van der Waals surface area contributed by atoms with Gasteiger partial charge in [0.2, 0.25) is 5.91 Å². The van der Waals surface area contributed by atoms with Crippen molar-refractivity contribution >= 4 is 28.4 Å². The number of benzene rings is 3. The maximum atomic E-state index is 13.9. The Hall–Kier alpha value is -4.66. The minimum Gasteiger partial charge on any atom is -0.496 e. The van der Waals surface area contributed by atoms with Crippen LogP contribution in [-0.2, 0) is 17.8 Å². The smallest absolute Gasteiger partial charge is 0.273 e. The number of hydrogen-bond acceptors (Lipinski definition) is 5. The van der Waals surface area contributed by atoms with Crippen molar-refractivity contribution in [1.82, 2.24) is 14.8 Å². The van der Waals surface area contributed by atoms with E-state index in [1.165, 1.54) is 11.0 Å². The zero-order valence-corrected chi connectivity index (χ0v) is 23.9. The number of carbonyl (C=O) groups is 2. The molecule has 214 valence electrons. The second-order valence-electron chi connectivity index (χ2n) is 10.6. The number of fused-ring (bicyclic) bond motifs is 1. The minimum atomic E-state index is -0.496. The molecule has 0 unspecified atom stereocenters. The van der Waals surface area contributed by atoms with Crippen LogP contribution in [0, 0.1) is 23.0 Å². The molecule has 2 amide bonds. The van der Waals surface area contributed by atoms with Crippen LogP contribution >= 0.6 is 0 Å². The van der Waals surface area contributed by atoms with Crippen LogP contribution in [-0.4, -0.2) is 58.3 Å². The predicted molar refractivity (Wildman–Crippen MR) is 159 cm³/mol. The lowest BCUT2D eigenvalue weighted by molar-refractivity contribution is -0.385. The number of aromatic amines is 1. The van der Waals surface area contributed by atoms with Crippen molar-refractivity contribution in [2.45, 2.75) is 33.7 Å². The van der Waals surface area contributed by atoms with Crippen molar-refractivity contribution < 1.29 is 19.2 Å². The fourth-order valence-corrected chi connectivity index (χ4v) is 4.97. The van der Waals surface area contributed by atoms with Crippen molar-refractivity contribution in [3.05, 3.63) is 105 Å². The molecule has 9 nitrogen and oxygen atoms in total. The van der Waals surface area contributed by atoms with Crippen LogP contribution in [0.15, 0.2) is 72.9 Å². The molecule has 0 radical (unpaired) electrons. The number of aryl methyl sites for hydroxylation is 1. The van der Waals surface area contributed by atoms with Gasteiger partial charge in [-0.25, -0.2) is 0 Å². The average molecular weight is 557 g/mol. The molecule has 0 fully saturated rings. The zero-order chi connectivity index (χ0) is 29.5.